The second-order valence-electron chi connectivity index (χ2n) is 18.2. The third-order valence-electron chi connectivity index (χ3n) is 12.6. The number of terminal acetylenes is 1. The summed E-state index contributed by atoms with van der Waals surface area (Å²) < 4.78 is 61.9. The number of nitrogens with zero attached hydrogens (tertiary/aromatic N) is 4. The molecule has 3 heterocycles. The number of hydrogen-bond donors (Lipinski definition) is 2. The average molecular weight is 975 g/mol. The Morgan fingerprint density at radius 2 is 1.42 bits per heavy atom. The summed E-state index contributed by atoms with van der Waals surface area (Å²) in [7, 11) is -4.57. The number of carbonyl (C=O) groups is 2. The van der Waals surface area contributed by atoms with Crippen LogP contribution in [0.25, 0.3) is 11.2 Å². The molecule has 378 valence electrons. The van der Waals surface area contributed by atoms with E-state index < -0.39 is 56.3 Å². The van der Waals surface area contributed by atoms with E-state index in [0.717, 1.165) is 56.9 Å². The number of halogens is 1. The standard InChI is InChI=1S/C53H76FN6O8P/c1-4-7-9-11-13-14-15-16-17-18-19-21-23-31-37-64-51(62)44(38-42-32-26-24-27-33-42)59-69(63,68-43-34-28-25-29-35-43)65-40-53(6-3)45(66-47(61)36-30-22-20-12-10-8-5-2)39-46(67-53)60-41-56-48-49(55)57-52(54)58-50(48)60/h3,24-29,32-35,41,44-46H,4-5,7-23,30-31,36-40H2,1-2H3,(H,59,63)(H2,55,57,58)/t44?,45-,46+,53+,69?/m0/s1. The van der Waals surface area contributed by atoms with E-state index in [-0.39, 0.29) is 48.6 Å². The number of rotatable bonds is 35. The van der Waals surface area contributed by atoms with Gasteiger partial charge in [-0.3, -0.25) is 18.7 Å². The van der Waals surface area contributed by atoms with Crippen molar-refractivity contribution in [3.63, 3.8) is 0 Å². The van der Waals surface area contributed by atoms with Gasteiger partial charge in [-0.1, -0.05) is 190 Å². The lowest BCUT2D eigenvalue weighted by molar-refractivity contribution is -0.158. The Balaban J connectivity index is 1.28. The van der Waals surface area contributed by atoms with Crippen molar-refractivity contribution < 1.29 is 41.8 Å². The maximum absolute atomic E-state index is 15.2. The fourth-order valence-electron chi connectivity index (χ4n) is 8.60. The van der Waals surface area contributed by atoms with Gasteiger partial charge in [-0.05, 0) is 37.0 Å². The highest BCUT2D eigenvalue weighted by atomic mass is 31.2. The monoisotopic (exact) mass is 975 g/mol. The highest BCUT2D eigenvalue weighted by Gasteiger charge is 2.53. The van der Waals surface area contributed by atoms with Crippen LogP contribution in [0.4, 0.5) is 10.2 Å². The molecule has 3 N–H and O–H groups in total. The molecule has 1 aliphatic heterocycles. The van der Waals surface area contributed by atoms with E-state index in [0.29, 0.717) is 12.8 Å². The van der Waals surface area contributed by atoms with Gasteiger partial charge >= 0.3 is 25.8 Å². The van der Waals surface area contributed by atoms with E-state index in [1.165, 1.54) is 81.5 Å². The summed E-state index contributed by atoms with van der Waals surface area (Å²) >= 11 is 0. The zero-order chi connectivity index (χ0) is 49.2. The van der Waals surface area contributed by atoms with Gasteiger partial charge in [-0.15, -0.1) is 6.42 Å². The van der Waals surface area contributed by atoms with Crippen LogP contribution in [0.3, 0.4) is 0 Å². The topological polar surface area (TPSA) is 179 Å². The highest BCUT2D eigenvalue weighted by Crippen LogP contribution is 2.49. The summed E-state index contributed by atoms with van der Waals surface area (Å²) in [5.74, 6) is 1.51. The van der Waals surface area contributed by atoms with Gasteiger partial charge in [0.05, 0.1) is 12.9 Å². The Morgan fingerprint density at radius 3 is 2.01 bits per heavy atom. The van der Waals surface area contributed by atoms with Crippen molar-refractivity contribution in [3.05, 3.63) is 78.6 Å². The zero-order valence-corrected chi connectivity index (χ0v) is 41.9. The highest BCUT2D eigenvalue weighted by molar-refractivity contribution is 7.52. The minimum atomic E-state index is -4.57. The lowest BCUT2D eigenvalue weighted by atomic mass is 9.98. The smallest absolute Gasteiger partial charge is 0.459 e. The van der Waals surface area contributed by atoms with Gasteiger partial charge in [0, 0.05) is 12.8 Å². The molecular weight excluding hydrogens is 899 g/mol. The second kappa shape index (κ2) is 30.0. The number of anilines is 1. The first-order chi connectivity index (χ1) is 33.6. The number of aromatic nitrogens is 4. The Labute approximate surface area is 409 Å². The third kappa shape index (κ3) is 18.4. The summed E-state index contributed by atoms with van der Waals surface area (Å²) in [6.07, 6.45) is 28.5. The molecule has 0 radical (unpaired) electrons. The van der Waals surface area contributed by atoms with Crippen LogP contribution in [-0.4, -0.2) is 62.4 Å². The van der Waals surface area contributed by atoms with E-state index in [1.807, 2.05) is 30.3 Å². The lowest BCUT2D eigenvalue weighted by Gasteiger charge is -2.31. The Bertz CT molecular complexity index is 2210. The molecule has 1 saturated heterocycles. The molecule has 69 heavy (non-hydrogen) atoms. The number of fused-ring (bicyclic) bond motifs is 1. The Kier molecular flexibility index (Phi) is 23.9. The first-order valence-electron chi connectivity index (χ1n) is 25.6. The molecule has 2 unspecified atom stereocenters. The SMILES string of the molecule is C#C[C@]1(COP(=O)(NC(Cc2ccccc2)C(=O)OCCCCCCCCCCCCCCCC)Oc2ccccc2)O[C@@H](n2cnc3c(N)nc(F)nc32)C[C@@H]1OC(=O)CCCCCCCCC. The third-order valence-corrected chi connectivity index (χ3v) is 14.1. The number of para-hydroxylation sites is 1. The minimum Gasteiger partial charge on any atom is -0.465 e. The Morgan fingerprint density at radius 1 is 0.855 bits per heavy atom. The van der Waals surface area contributed by atoms with Gasteiger partial charge in [0.2, 0.25) is 0 Å². The summed E-state index contributed by atoms with van der Waals surface area (Å²) in [4.78, 5) is 39.2. The second-order valence-corrected chi connectivity index (χ2v) is 19.9. The number of unbranched alkanes of at least 4 members (excludes halogenated alkanes) is 19. The van der Waals surface area contributed by atoms with Crippen molar-refractivity contribution in [2.75, 3.05) is 18.9 Å². The molecule has 2 aromatic carbocycles. The van der Waals surface area contributed by atoms with Gasteiger partial charge < -0.3 is 24.5 Å². The fourth-order valence-corrected chi connectivity index (χ4v) is 10.1. The summed E-state index contributed by atoms with van der Waals surface area (Å²) in [6, 6.07) is 16.5. The van der Waals surface area contributed by atoms with Gasteiger partial charge in [-0.2, -0.15) is 19.4 Å². The number of hydrogen-bond acceptors (Lipinski definition) is 12. The van der Waals surface area contributed by atoms with E-state index in [2.05, 4.69) is 39.8 Å². The average Bonchev–Trinajstić information content (AvgIpc) is 3.94. The lowest BCUT2D eigenvalue weighted by Crippen LogP contribution is -2.46. The quantitative estimate of drug-likeness (QED) is 0.0146. The summed E-state index contributed by atoms with van der Waals surface area (Å²) in [5, 5.41) is 2.90. The van der Waals surface area contributed by atoms with Crippen LogP contribution in [0, 0.1) is 18.4 Å². The van der Waals surface area contributed by atoms with Crippen molar-refractivity contribution in [1.29, 1.82) is 0 Å². The predicted molar refractivity (Wildman–Crippen MR) is 267 cm³/mol. The molecule has 2 aromatic heterocycles. The number of imidazole rings is 1. The van der Waals surface area contributed by atoms with Crippen LogP contribution in [0.15, 0.2) is 67.0 Å². The van der Waals surface area contributed by atoms with E-state index in [9.17, 15) is 14.0 Å². The van der Waals surface area contributed by atoms with Crippen molar-refractivity contribution in [2.45, 2.75) is 192 Å². The summed E-state index contributed by atoms with van der Waals surface area (Å²) in [6.45, 7) is 3.98. The van der Waals surface area contributed by atoms with E-state index in [4.69, 9.17) is 35.4 Å². The Hall–Kier alpha value is -4.87. The van der Waals surface area contributed by atoms with Crippen molar-refractivity contribution in [1.82, 2.24) is 24.6 Å². The van der Waals surface area contributed by atoms with Crippen LogP contribution in [-0.2, 0) is 39.3 Å². The summed E-state index contributed by atoms with van der Waals surface area (Å²) in [5.41, 5.74) is 5.04. The normalized spacial score (nSPS) is 18.1. The minimum absolute atomic E-state index is 0.0305. The molecule has 0 saturated carbocycles. The fraction of sp³-hybridized carbons (Fsp3) is 0.604. The number of esters is 2. The number of nitrogens with two attached hydrogens (primary N) is 1. The molecule has 0 amide bonds. The van der Waals surface area contributed by atoms with Crippen LogP contribution in [0.1, 0.15) is 173 Å². The molecule has 1 fully saturated rings. The van der Waals surface area contributed by atoms with Crippen LogP contribution in [0.5, 0.6) is 5.75 Å². The van der Waals surface area contributed by atoms with Gasteiger partial charge in [0.1, 0.15) is 30.7 Å². The van der Waals surface area contributed by atoms with E-state index >= 15 is 4.57 Å². The first-order valence-corrected chi connectivity index (χ1v) is 27.1. The van der Waals surface area contributed by atoms with Gasteiger partial charge in [-0.25, -0.2) is 9.55 Å². The number of benzene rings is 2. The number of carbonyl (C=O) groups excluding carboxylic acids is 2. The molecule has 4 aromatic rings. The number of nitrogen functional groups attached to an aromatic ring is 1. The largest absolute Gasteiger partial charge is 0.465 e. The maximum Gasteiger partial charge on any atom is 0.459 e. The van der Waals surface area contributed by atoms with Crippen molar-refractivity contribution in [3.8, 4) is 18.1 Å². The number of ether oxygens (including phenoxy) is 3. The van der Waals surface area contributed by atoms with Crippen LogP contribution in [0.2, 0.25) is 0 Å². The zero-order valence-electron chi connectivity index (χ0n) is 41.0. The molecule has 0 spiro atoms. The molecule has 5 atom stereocenters. The van der Waals surface area contributed by atoms with E-state index in [1.54, 1.807) is 30.3 Å². The molecule has 16 heteroatoms. The molecule has 0 aliphatic carbocycles. The molecule has 5 rings (SSSR count). The van der Waals surface area contributed by atoms with Crippen LogP contribution < -0.4 is 15.3 Å². The maximum atomic E-state index is 15.2. The predicted octanol–water partition coefficient (Wildman–Crippen LogP) is 12.3. The van der Waals surface area contributed by atoms with Crippen LogP contribution >= 0.6 is 7.75 Å². The van der Waals surface area contributed by atoms with Gasteiger partial charge in [0.25, 0.3) is 0 Å². The van der Waals surface area contributed by atoms with Crippen molar-refractivity contribution >= 4 is 36.7 Å². The molecule has 1 aliphatic rings. The molecule has 14 nitrogen and oxygen atoms in total. The first kappa shape index (κ1) is 55.1. The molecular formula is C53H76FN6O8P. The number of nitrogens with one attached hydrogen (secondary N) is 1. The molecule has 0 bridgehead atoms. The van der Waals surface area contributed by atoms with Crippen molar-refractivity contribution in [2.24, 2.45) is 0 Å². The van der Waals surface area contributed by atoms with Gasteiger partial charge in [0.15, 0.2) is 22.6 Å².